The average molecular weight is 493 g/mol. The lowest BCUT2D eigenvalue weighted by Gasteiger charge is -2.12. The van der Waals surface area contributed by atoms with Gasteiger partial charge in [-0.25, -0.2) is 0 Å². The first-order valence-corrected chi connectivity index (χ1v) is 12.7. The number of tetrazole rings is 1. The number of benzene rings is 2. The number of anilines is 1. The van der Waals surface area contributed by atoms with E-state index in [2.05, 4.69) is 25.6 Å². The molecule has 0 amide bonds. The standard InChI is InChI=1S/C23H26N8OS.C2H6/c1-4-30-21(15-31-27-22(25-28-31)18-8-6-5-7-9-18)24-26-23(30)33-16-20(32)14-17-10-12-19(13-11-17)29(2)3;1-2/h5-13H,4,14-16H2,1-3H3;1-2H3. The molecule has 0 saturated carbocycles. The Morgan fingerprint density at radius 2 is 1.69 bits per heavy atom. The Balaban J connectivity index is 0.00000167. The fourth-order valence-corrected chi connectivity index (χ4v) is 4.22. The number of carbonyl (C=O) groups excluding carboxylic acids is 1. The minimum atomic E-state index is 0.148. The molecule has 2 heterocycles. The highest BCUT2D eigenvalue weighted by molar-refractivity contribution is 7.99. The molecule has 10 heteroatoms. The summed E-state index contributed by atoms with van der Waals surface area (Å²) in [5, 5.41) is 22.0. The van der Waals surface area contributed by atoms with Crippen LogP contribution in [0.15, 0.2) is 59.8 Å². The van der Waals surface area contributed by atoms with Crippen LogP contribution in [-0.4, -0.2) is 60.6 Å². The maximum atomic E-state index is 12.5. The maximum Gasteiger partial charge on any atom is 0.204 e. The van der Waals surface area contributed by atoms with Gasteiger partial charge < -0.3 is 9.47 Å². The summed E-state index contributed by atoms with van der Waals surface area (Å²) in [6.07, 6.45) is 0.402. The van der Waals surface area contributed by atoms with Crippen molar-refractivity contribution in [2.24, 2.45) is 0 Å². The van der Waals surface area contributed by atoms with E-state index in [0.717, 1.165) is 22.6 Å². The summed E-state index contributed by atoms with van der Waals surface area (Å²) in [5.74, 6) is 1.78. The van der Waals surface area contributed by atoms with Crippen molar-refractivity contribution in [2.75, 3.05) is 24.7 Å². The van der Waals surface area contributed by atoms with E-state index in [1.54, 1.807) is 0 Å². The summed E-state index contributed by atoms with van der Waals surface area (Å²) in [5.41, 5.74) is 3.03. The van der Waals surface area contributed by atoms with Crippen LogP contribution in [-0.2, 0) is 24.3 Å². The molecule has 4 rings (SSSR count). The normalized spacial score (nSPS) is 10.5. The van der Waals surface area contributed by atoms with Gasteiger partial charge in [-0.3, -0.25) is 4.79 Å². The molecular weight excluding hydrogens is 460 g/mol. The Labute approximate surface area is 210 Å². The zero-order valence-electron chi connectivity index (χ0n) is 20.9. The molecular formula is C25H32N8OS. The average Bonchev–Trinajstić information content (AvgIpc) is 3.52. The van der Waals surface area contributed by atoms with Crippen LogP contribution in [0.25, 0.3) is 11.4 Å². The molecule has 0 aliphatic carbocycles. The lowest BCUT2D eigenvalue weighted by atomic mass is 10.1. The number of Topliss-reactive ketones (excluding diaryl/α,β-unsaturated/α-hetero) is 1. The first-order valence-electron chi connectivity index (χ1n) is 11.7. The Morgan fingerprint density at radius 1 is 0.971 bits per heavy atom. The highest BCUT2D eigenvalue weighted by Gasteiger charge is 2.15. The van der Waals surface area contributed by atoms with Crippen molar-refractivity contribution in [1.29, 1.82) is 0 Å². The third-order valence-electron chi connectivity index (χ3n) is 5.09. The summed E-state index contributed by atoms with van der Waals surface area (Å²) in [7, 11) is 3.99. The monoisotopic (exact) mass is 492 g/mol. The molecule has 35 heavy (non-hydrogen) atoms. The smallest absolute Gasteiger partial charge is 0.204 e. The van der Waals surface area contributed by atoms with Crippen molar-refractivity contribution in [3.05, 3.63) is 66.0 Å². The van der Waals surface area contributed by atoms with E-state index in [-0.39, 0.29) is 5.78 Å². The molecule has 184 valence electrons. The van der Waals surface area contributed by atoms with E-state index in [1.165, 1.54) is 16.6 Å². The van der Waals surface area contributed by atoms with Gasteiger partial charge in [0.25, 0.3) is 0 Å². The van der Waals surface area contributed by atoms with Crippen molar-refractivity contribution in [2.45, 2.75) is 45.4 Å². The van der Waals surface area contributed by atoms with E-state index >= 15 is 0 Å². The maximum absolute atomic E-state index is 12.5. The number of thioether (sulfide) groups is 1. The molecule has 2 aromatic heterocycles. The largest absolute Gasteiger partial charge is 0.378 e. The minimum Gasteiger partial charge on any atom is -0.378 e. The molecule has 0 atom stereocenters. The van der Waals surface area contributed by atoms with Crippen molar-refractivity contribution in [1.82, 2.24) is 35.0 Å². The van der Waals surface area contributed by atoms with Gasteiger partial charge in [0.15, 0.2) is 11.0 Å². The van der Waals surface area contributed by atoms with Crippen molar-refractivity contribution in [3.63, 3.8) is 0 Å². The van der Waals surface area contributed by atoms with E-state index in [1.807, 2.05) is 98.9 Å². The highest BCUT2D eigenvalue weighted by atomic mass is 32.2. The number of hydrogen-bond donors (Lipinski definition) is 0. The summed E-state index contributed by atoms with van der Waals surface area (Å²) >= 11 is 1.41. The zero-order valence-corrected chi connectivity index (χ0v) is 21.7. The second-order valence-electron chi connectivity index (χ2n) is 7.72. The molecule has 0 fully saturated rings. The predicted molar refractivity (Wildman–Crippen MR) is 140 cm³/mol. The summed E-state index contributed by atoms with van der Waals surface area (Å²) < 4.78 is 1.98. The molecule has 0 radical (unpaired) electrons. The lowest BCUT2D eigenvalue weighted by molar-refractivity contribution is -0.116. The number of rotatable bonds is 10. The lowest BCUT2D eigenvalue weighted by Crippen LogP contribution is -2.12. The van der Waals surface area contributed by atoms with Crippen LogP contribution in [0.5, 0.6) is 0 Å². The second kappa shape index (κ2) is 12.8. The number of ketones is 1. The van der Waals surface area contributed by atoms with Gasteiger partial charge >= 0.3 is 0 Å². The predicted octanol–water partition coefficient (Wildman–Crippen LogP) is 4.00. The molecule has 0 bridgehead atoms. The van der Waals surface area contributed by atoms with Gasteiger partial charge in [0.2, 0.25) is 5.82 Å². The molecule has 0 aliphatic heterocycles. The van der Waals surface area contributed by atoms with Crippen LogP contribution in [0.3, 0.4) is 0 Å². The number of nitrogens with zero attached hydrogens (tertiary/aromatic N) is 8. The van der Waals surface area contributed by atoms with Crippen molar-refractivity contribution in [3.8, 4) is 11.4 Å². The fourth-order valence-electron chi connectivity index (χ4n) is 3.34. The van der Waals surface area contributed by atoms with Gasteiger partial charge in [-0.1, -0.05) is 68.1 Å². The topological polar surface area (TPSA) is 94.6 Å². The Morgan fingerprint density at radius 3 is 2.34 bits per heavy atom. The fraction of sp³-hybridized carbons (Fsp3) is 0.360. The van der Waals surface area contributed by atoms with Gasteiger partial charge in [0.1, 0.15) is 12.3 Å². The van der Waals surface area contributed by atoms with Crippen LogP contribution in [0.1, 0.15) is 32.2 Å². The minimum absolute atomic E-state index is 0.148. The van der Waals surface area contributed by atoms with E-state index < -0.39 is 0 Å². The number of carbonyl (C=O) groups is 1. The summed E-state index contributed by atoms with van der Waals surface area (Å²) in [6, 6.07) is 17.8. The molecule has 9 nitrogen and oxygen atoms in total. The van der Waals surface area contributed by atoms with Crippen molar-refractivity contribution >= 4 is 23.2 Å². The quantitative estimate of drug-likeness (QED) is 0.307. The molecule has 0 spiro atoms. The van der Waals surface area contributed by atoms with E-state index in [4.69, 9.17) is 0 Å². The summed E-state index contributed by atoms with van der Waals surface area (Å²) in [4.78, 5) is 16.1. The number of aromatic nitrogens is 7. The zero-order chi connectivity index (χ0) is 25.2. The third kappa shape index (κ3) is 6.98. The van der Waals surface area contributed by atoms with Crippen molar-refractivity contribution < 1.29 is 4.79 Å². The molecule has 0 saturated heterocycles. The first kappa shape index (κ1) is 26.1. The van der Waals surface area contributed by atoms with Crippen LogP contribution < -0.4 is 4.90 Å². The molecule has 0 unspecified atom stereocenters. The van der Waals surface area contributed by atoms with Crippen LogP contribution >= 0.6 is 11.8 Å². The third-order valence-corrected chi connectivity index (χ3v) is 6.12. The van der Waals surface area contributed by atoms with Gasteiger partial charge in [0, 0.05) is 38.3 Å². The van der Waals surface area contributed by atoms with Gasteiger partial charge in [-0.05, 0) is 29.8 Å². The van der Waals surface area contributed by atoms with Gasteiger partial charge in [0.05, 0.1) is 5.75 Å². The van der Waals surface area contributed by atoms with Crippen LogP contribution in [0.4, 0.5) is 5.69 Å². The van der Waals surface area contributed by atoms with E-state index in [0.29, 0.717) is 36.2 Å². The molecule has 0 N–H and O–H groups in total. The SMILES string of the molecule is CC.CCn1c(Cn2nnc(-c3ccccc3)n2)nnc1SCC(=O)Cc1ccc(N(C)C)cc1. The van der Waals surface area contributed by atoms with E-state index in [9.17, 15) is 4.79 Å². The van der Waals surface area contributed by atoms with Gasteiger partial charge in [-0.15, -0.1) is 20.4 Å². The second-order valence-corrected chi connectivity index (χ2v) is 8.66. The Bertz CT molecular complexity index is 1200. The molecule has 0 aliphatic rings. The highest BCUT2D eigenvalue weighted by Crippen LogP contribution is 2.19. The first-order chi connectivity index (χ1) is 17.0. The Hall–Kier alpha value is -3.53. The summed E-state index contributed by atoms with van der Waals surface area (Å²) in [6.45, 7) is 7.06. The van der Waals surface area contributed by atoms with Crippen LogP contribution in [0.2, 0.25) is 0 Å². The van der Waals surface area contributed by atoms with Crippen LogP contribution in [0, 0.1) is 0 Å². The Kier molecular flexibility index (Phi) is 9.54. The molecule has 4 aromatic rings. The van der Waals surface area contributed by atoms with Gasteiger partial charge in [-0.2, -0.15) is 4.80 Å². The molecule has 2 aromatic carbocycles. The number of hydrogen-bond acceptors (Lipinski definition) is 8.